The molecule has 1 heterocycles. The number of carbonyl (C=O) groups is 3. The average Bonchev–Trinajstić information content (AvgIpc) is 2.45. The Hall–Kier alpha value is -1.79. The Labute approximate surface area is 124 Å². The van der Waals surface area contributed by atoms with Gasteiger partial charge in [-0.3, -0.25) is 0 Å². The standard InChI is InChI=1S/C14H24N2O5/c1-5-21-11(17)10-8-6-7-9-16(10)13(20)15(4)14(2,3)12(18)19/h10H,5-9H2,1-4H3,(H,18,19). The van der Waals surface area contributed by atoms with Crippen molar-refractivity contribution in [2.45, 2.75) is 51.6 Å². The quantitative estimate of drug-likeness (QED) is 0.791. The summed E-state index contributed by atoms with van der Waals surface area (Å²) >= 11 is 0. The van der Waals surface area contributed by atoms with Crippen LogP contribution in [0, 0.1) is 0 Å². The lowest BCUT2D eigenvalue weighted by Gasteiger charge is -2.40. The molecule has 1 rings (SSSR count). The summed E-state index contributed by atoms with van der Waals surface area (Å²) in [4.78, 5) is 38.4. The highest BCUT2D eigenvalue weighted by molar-refractivity contribution is 5.88. The van der Waals surface area contributed by atoms with Gasteiger partial charge in [0.15, 0.2) is 0 Å². The largest absolute Gasteiger partial charge is 0.480 e. The van der Waals surface area contributed by atoms with Crippen LogP contribution in [0.5, 0.6) is 0 Å². The van der Waals surface area contributed by atoms with Crippen molar-refractivity contribution in [1.82, 2.24) is 9.80 Å². The maximum absolute atomic E-state index is 12.5. The van der Waals surface area contributed by atoms with Crippen molar-refractivity contribution in [3.05, 3.63) is 0 Å². The minimum Gasteiger partial charge on any atom is -0.480 e. The van der Waals surface area contributed by atoms with Gasteiger partial charge in [-0.05, 0) is 40.0 Å². The number of amides is 2. The van der Waals surface area contributed by atoms with Crippen LogP contribution in [0.2, 0.25) is 0 Å². The molecule has 0 aliphatic carbocycles. The first-order valence-corrected chi connectivity index (χ1v) is 7.18. The number of likely N-dealkylation sites (tertiary alicyclic amines) is 1. The minimum absolute atomic E-state index is 0.258. The van der Waals surface area contributed by atoms with E-state index in [1.54, 1.807) is 6.92 Å². The molecule has 0 bridgehead atoms. The van der Waals surface area contributed by atoms with Gasteiger partial charge in [0, 0.05) is 13.6 Å². The Kier molecular flexibility index (Phi) is 5.57. The molecule has 1 aliphatic rings. The van der Waals surface area contributed by atoms with E-state index in [2.05, 4.69) is 0 Å². The van der Waals surface area contributed by atoms with Gasteiger partial charge in [0.2, 0.25) is 0 Å². The molecular formula is C14H24N2O5. The average molecular weight is 300 g/mol. The van der Waals surface area contributed by atoms with Crippen LogP contribution >= 0.6 is 0 Å². The van der Waals surface area contributed by atoms with Gasteiger partial charge in [0.05, 0.1) is 6.61 Å². The van der Waals surface area contributed by atoms with Crippen LogP contribution in [0.4, 0.5) is 4.79 Å². The molecule has 0 aromatic heterocycles. The van der Waals surface area contributed by atoms with Crippen LogP contribution < -0.4 is 0 Å². The lowest BCUT2D eigenvalue weighted by Crippen LogP contribution is -2.59. The van der Waals surface area contributed by atoms with Crippen LogP contribution in [-0.4, -0.2) is 64.7 Å². The van der Waals surface area contributed by atoms with Gasteiger partial charge in [0.1, 0.15) is 11.6 Å². The maximum Gasteiger partial charge on any atom is 0.329 e. The second kappa shape index (κ2) is 6.78. The zero-order chi connectivity index (χ0) is 16.2. The number of urea groups is 1. The number of rotatable bonds is 4. The summed E-state index contributed by atoms with van der Waals surface area (Å²) in [7, 11) is 1.44. The number of hydrogen-bond acceptors (Lipinski definition) is 4. The summed E-state index contributed by atoms with van der Waals surface area (Å²) in [5.74, 6) is -1.52. The third kappa shape index (κ3) is 3.65. The summed E-state index contributed by atoms with van der Waals surface area (Å²) in [6, 6.07) is -1.08. The number of piperidine rings is 1. The van der Waals surface area contributed by atoms with Crippen LogP contribution in [0.15, 0.2) is 0 Å². The Morgan fingerprint density at radius 3 is 2.48 bits per heavy atom. The van der Waals surface area contributed by atoms with E-state index in [1.165, 1.54) is 25.8 Å². The second-order valence-corrected chi connectivity index (χ2v) is 5.66. The second-order valence-electron chi connectivity index (χ2n) is 5.66. The van der Waals surface area contributed by atoms with Crippen molar-refractivity contribution >= 4 is 18.0 Å². The molecule has 1 fully saturated rings. The Bertz CT molecular complexity index is 422. The van der Waals surface area contributed by atoms with E-state index >= 15 is 0 Å². The Morgan fingerprint density at radius 1 is 1.33 bits per heavy atom. The van der Waals surface area contributed by atoms with E-state index < -0.39 is 29.6 Å². The number of hydrogen-bond donors (Lipinski definition) is 1. The Morgan fingerprint density at radius 2 is 1.95 bits per heavy atom. The highest BCUT2D eigenvalue weighted by atomic mass is 16.5. The number of nitrogens with zero attached hydrogens (tertiary/aromatic N) is 2. The van der Waals surface area contributed by atoms with Gasteiger partial charge >= 0.3 is 18.0 Å². The summed E-state index contributed by atoms with van der Waals surface area (Å²) < 4.78 is 5.01. The van der Waals surface area contributed by atoms with Gasteiger partial charge in [0.25, 0.3) is 0 Å². The molecule has 0 radical (unpaired) electrons. The van der Waals surface area contributed by atoms with E-state index in [0.717, 1.165) is 17.7 Å². The Balaban J connectivity index is 2.91. The number of ether oxygens (including phenoxy) is 1. The third-order valence-corrected chi connectivity index (χ3v) is 3.96. The third-order valence-electron chi connectivity index (χ3n) is 3.96. The first kappa shape index (κ1) is 17.3. The first-order valence-electron chi connectivity index (χ1n) is 7.18. The van der Waals surface area contributed by atoms with Gasteiger partial charge < -0.3 is 19.6 Å². The van der Waals surface area contributed by atoms with Crippen LogP contribution in [0.1, 0.15) is 40.0 Å². The fraction of sp³-hybridized carbons (Fsp3) is 0.786. The van der Waals surface area contributed by atoms with Gasteiger partial charge in [-0.15, -0.1) is 0 Å². The molecule has 1 unspecified atom stereocenters. The molecule has 1 atom stereocenters. The molecule has 7 nitrogen and oxygen atoms in total. The van der Waals surface area contributed by atoms with Crippen molar-refractivity contribution in [2.75, 3.05) is 20.2 Å². The van der Waals surface area contributed by atoms with Crippen molar-refractivity contribution in [1.29, 1.82) is 0 Å². The lowest BCUT2D eigenvalue weighted by molar-refractivity contribution is -0.150. The molecule has 21 heavy (non-hydrogen) atoms. The molecule has 120 valence electrons. The number of carboxylic acid groups (broad SMARTS) is 1. The first-order chi connectivity index (χ1) is 9.73. The van der Waals surface area contributed by atoms with E-state index in [-0.39, 0.29) is 6.61 Å². The van der Waals surface area contributed by atoms with Gasteiger partial charge in [-0.2, -0.15) is 0 Å². The van der Waals surface area contributed by atoms with Crippen LogP contribution in [-0.2, 0) is 14.3 Å². The number of esters is 1. The fourth-order valence-electron chi connectivity index (χ4n) is 2.22. The predicted octanol–water partition coefficient (Wildman–Crippen LogP) is 1.32. The number of carboxylic acids is 1. The molecule has 1 saturated heterocycles. The van der Waals surface area contributed by atoms with E-state index in [9.17, 15) is 19.5 Å². The molecular weight excluding hydrogens is 276 g/mol. The molecule has 7 heteroatoms. The molecule has 1 N–H and O–H groups in total. The summed E-state index contributed by atoms with van der Waals surface area (Å²) in [6.45, 7) is 5.32. The molecule has 0 aromatic carbocycles. The normalized spacial score (nSPS) is 19.0. The van der Waals surface area contributed by atoms with E-state index in [4.69, 9.17) is 4.74 Å². The van der Waals surface area contributed by atoms with Gasteiger partial charge in [-0.1, -0.05) is 0 Å². The topological polar surface area (TPSA) is 87.2 Å². The zero-order valence-electron chi connectivity index (χ0n) is 13.1. The summed E-state index contributed by atoms with van der Waals surface area (Å²) in [5, 5.41) is 9.21. The number of aliphatic carboxylic acids is 1. The zero-order valence-corrected chi connectivity index (χ0v) is 13.1. The summed E-state index contributed by atoms with van der Waals surface area (Å²) in [6.07, 6.45) is 2.19. The fourth-order valence-corrected chi connectivity index (χ4v) is 2.22. The SMILES string of the molecule is CCOC(=O)C1CCCCN1C(=O)N(C)C(C)(C)C(=O)O. The highest BCUT2D eigenvalue weighted by Crippen LogP contribution is 2.23. The van der Waals surface area contributed by atoms with Crippen molar-refractivity contribution in [2.24, 2.45) is 0 Å². The molecule has 1 aliphatic heterocycles. The maximum atomic E-state index is 12.5. The molecule has 0 saturated carbocycles. The smallest absolute Gasteiger partial charge is 0.329 e. The van der Waals surface area contributed by atoms with Crippen LogP contribution in [0.3, 0.4) is 0 Å². The molecule has 2 amide bonds. The van der Waals surface area contributed by atoms with Crippen LogP contribution in [0.25, 0.3) is 0 Å². The molecule has 0 aromatic rings. The van der Waals surface area contributed by atoms with E-state index in [0.29, 0.717) is 13.0 Å². The predicted molar refractivity (Wildman–Crippen MR) is 75.9 cm³/mol. The summed E-state index contributed by atoms with van der Waals surface area (Å²) in [5.41, 5.74) is -1.34. The van der Waals surface area contributed by atoms with Gasteiger partial charge in [-0.25, -0.2) is 14.4 Å². The highest BCUT2D eigenvalue weighted by Gasteiger charge is 2.41. The van der Waals surface area contributed by atoms with Crippen molar-refractivity contribution in [3.63, 3.8) is 0 Å². The molecule has 0 spiro atoms. The van der Waals surface area contributed by atoms with Crippen molar-refractivity contribution < 1.29 is 24.2 Å². The van der Waals surface area contributed by atoms with E-state index in [1.807, 2.05) is 0 Å². The van der Waals surface area contributed by atoms with Crippen molar-refractivity contribution in [3.8, 4) is 0 Å². The monoisotopic (exact) mass is 300 g/mol. The minimum atomic E-state index is -1.34. The lowest BCUT2D eigenvalue weighted by atomic mass is 10.0. The number of likely N-dealkylation sites (N-methyl/N-ethyl adjacent to an activating group) is 1. The number of carbonyl (C=O) groups excluding carboxylic acids is 2.